The minimum absolute atomic E-state index is 0.118. The highest BCUT2D eigenvalue weighted by molar-refractivity contribution is 5.94. The number of carbonyl (C=O) groups excluding carboxylic acids is 2. The summed E-state index contributed by atoms with van der Waals surface area (Å²) in [5.74, 6) is -0.534. The normalized spacial score (nSPS) is 10.7. The first-order valence-electron chi connectivity index (χ1n) is 5.95. The summed E-state index contributed by atoms with van der Waals surface area (Å²) in [6.07, 6.45) is 0. The van der Waals surface area contributed by atoms with Crippen molar-refractivity contribution >= 4 is 11.8 Å². The first kappa shape index (κ1) is 16.1. The summed E-state index contributed by atoms with van der Waals surface area (Å²) in [5, 5.41) is 5.00. The molecule has 0 aliphatic carbocycles. The summed E-state index contributed by atoms with van der Waals surface area (Å²) in [7, 11) is 1.50. The second-order valence-corrected chi connectivity index (χ2v) is 3.30. The molecule has 5 heteroatoms. The van der Waals surface area contributed by atoms with Gasteiger partial charge in [-0.1, -0.05) is 32.0 Å². The van der Waals surface area contributed by atoms with E-state index < -0.39 is 6.04 Å². The van der Waals surface area contributed by atoms with E-state index >= 15 is 0 Å². The zero-order valence-electron chi connectivity index (χ0n) is 11.1. The van der Waals surface area contributed by atoms with E-state index in [1.807, 2.05) is 19.9 Å². The van der Waals surface area contributed by atoms with Gasteiger partial charge in [-0.3, -0.25) is 9.59 Å². The number of carbonyl (C=O) groups is 2. The van der Waals surface area contributed by atoms with Crippen LogP contribution in [0.1, 0.15) is 24.2 Å². The number of hydrogen-bond donors (Lipinski definition) is 3. The van der Waals surface area contributed by atoms with E-state index in [2.05, 4.69) is 10.6 Å². The molecule has 0 saturated carbocycles. The Bertz CT molecular complexity index is 366. The van der Waals surface area contributed by atoms with E-state index in [-0.39, 0.29) is 18.4 Å². The summed E-state index contributed by atoms with van der Waals surface area (Å²) < 4.78 is 0. The number of likely N-dealkylation sites (N-methyl/N-ethyl adjacent to an activating group) is 1. The fourth-order valence-corrected chi connectivity index (χ4v) is 1.17. The van der Waals surface area contributed by atoms with E-state index in [0.717, 1.165) is 0 Å². The highest BCUT2D eigenvalue weighted by Gasteiger charge is 2.12. The van der Waals surface area contributed by atoms with Crippen LogP contribution in [0.25, 0.3) is 0 Å². The van der Waals surface area contributed by atoms with Crippen LogP contribution in [-0.4, -0.2) is 31.4 Å². The largest absolute Gasteiger partial charge is 0.358 e. The second kappa shape index (κ2) is 9.18. The van der Waals surface area contributed by atoms with Crippen molar-refractivity contribution in [3.8, 4) is 0 Å². The molecule has 0 bridgehead atoms. The van der Waals surface area contributed by atoms with Crippen LogP contribution >= 0.6 is 0 Å². The van der Waals surface area contributed by atoms with Crippen molar-refractivity contribution in [1.29, 1.82) is 0 Å². The Morgan fingerprint density at radius 1 is 1.22 bits per heavy atom. The van der Waals surface area contributed by atoms with E-state index in [1.54, 1.807) is 24.3 Å². The summed E-state index contributed by atoms with van der Waals surface area (Å²) in [4.78, 5) is 22.6. The molecule has 0 heterocycles. The van der Waals surface area contributed by atoms with Gasteiger partial charge in [-0.25, -0.2) is 0 Å². The lowest BCUT2D eigenvalue weighted by molar-refractivity contribution is -0.121. The zero-order chi connectivity index (χ0) is 14.0. The fraction of sp³-hybridized carbons (Fsp3) is 0.385. The molecule has 0 radical (unpaired) electrons. The van der Waals surface area contributed by atoms with E-state index in [9.17, 15) is 9.59 Å². The number of nitrogens with one attached hydrogen (secondary N) is 2. The monoisotopic (exact) mass is 251 g/mol. The third-order valence-corrected chi connectivity index (χ3v) is 2.10. The number of nitrogens with two attached hydrogens (primary N) is 1. The van der Waals surface area contributed by atoms with Crippen LogP contribution in [0.2, 0.25) is 0 Å². The first-order chi connectivity index (χ1) is 8.65. The van der Waals surface area contributed by atoms with Gasteiger partial charge in [-0.15, -0.1) is 0 Å². The standard InChI is InChI=1S/C11H15N3O2.C2H6/c1-13-11(16)9(12)7-14-10(15)8-5-3-2-4-6-8;1-2/h2-6,9H,7,12H2,1H3,(H,13,16)(H,14,15);1-2H3. The zero-order valence-corrected chi connectivity index (χ0v) is 11.1. The maximum absolute atomic E-state index is 11.6. The van der Waals surface area contributed by atoms with Crippen molar-refractivity contribution in [2.24, 2.45) is 5.73 Å². The van der Waals surface area contributed by atoms with Crippen molar-refractivity contribution in [3.63, 3.8) is 0 Å². The van der Waals surface area contributed by atoms with Crippen LogP contribution in [0.4, 0.5) is 0 Å². The van der Waals surface area contributed by atoms with Gasteiger partial charge in [0, 0.05) is 19.2 Å². The van der Waals surface area contributed by atoms with Crippen LogP contribution in [0.3, 0.4) is 0 Å². The summed E-state index contributed by atoms with van der Waals surface area (Å²) in [6, 6.07) is 8.04. The van der Waals surface area contributed by atoms with E-state index in [4.69, 9.17) is 5.73 Å². The first-order valence-corrected chi connectivity index (χ1v) is 5.95. The highest BCUT2D eigenvalue weighted by atomic mass is 16.2. The molecule has 0 aliphatic rings. The molecule has 1 rings (SSSR count). The van der Waals surface area contributed by atoms with Crippen molar-refractivity contribution in [3.05, 3.63) is 35.9 Å². The molecule has 1 unspecified atom stereocenters. The van der Waals surface area contributed by atoms with Crippen molar-refractivity contribution in [2.75, 3.05) is 13.6 Å². The Balaban J connectivity index is 0.00000137. The van der Waals surface area contributed by atoms with Crippen molar-refractivity contribution in [2.45, 2.75) is 19.9 Å². The molecule has 5 nitrogen and oxygen atoms in total. The van der Waals surface area contributed by atoms with Gasteiger partial charge in [0.2, 0.25) is 5.91 Å². The van der Waals surface area contributed by atoms with Crippen molar-refractivity contribution in [1.82, 2.24) is 10.6 Å². The predicted octanol–water partition coefficient (Wildman–Crippen LogP) is 0.516. The number of benzene rings is 1. The molecule has 0 spiro atoms. The lowest BCUT2D eigenvalue weighted by Crippen LogP contribution is -2.46. The minimum Gasteiger partial charge on any atom is -0.358 e. The molecular formula is C13H21N3O2. The lowest BCUT2D eigenvalue weighted by atomic mass is 10.2. The molecule has 100 valence electrons. The minimum atomic E-state index is -0.724. The Morgan fingerprint density at radius 3 is 2.28 bits per heavy atom. The number of hydrogen-bond acceptors (Lipinski definition) is 3. The predicted molar refractivity (Wildman–Crippen MR) is 72.2 cm³/mol. The van der Waals surface area contributed by atoms with Gasteiger partial charge in [-0.05, 0) is 12.1 Å². The average Bonchev–Trinajstić information content (AvgIpc) is 2.46. The summed E-state index contributed by atoms with van der Waals surface area (Å²) in [5.41, 5.74) is 6.08. The molecule has 0 aromatic heterocycles. The molecule has 2 amide bonds. The maximum atomic E-state index is 11.6. The molecule has 1 aromatic carbocycles. The maximum Gasteiger partial charge on any atom is 0.251 e. The third kappa shape index (κ3) is 5.45. The SMILES string of the molecule is CC.CNC(=O)C(N)CNC(=O)c1ccccc1. The smallest absolute Gasteiger partial charge is 0.251 e. The second-order valence-electron chi connectivity index (χ2n) is 3.30. The van der Waals surface area contributed by atoms with Gasteiger partial charge in [0.15, 0.2) is 0 Å². The molecule has 1 aromatic rings. The Hall–Kier alpha value is -1.88. The summed E-state index contributed by atoms with van der Waals surface area (Å²) >= 11 is 0. The Labute approximate surface area is 108 Å². The molecule has 1 atom stereocenters. The van der Waals surface area contributed by atoms with Gasteiger partial charge < -0.3 is 16.4 Å². The van der Waals surface area contributed by atoms with Crippen LogP contribution in [0.5, 0.6) is 0 Å². The topological polar surface area (TPSA) is 84.2 Å². The quantitative estimate of drug-likeness (QED) is 0.729. The third-order valence-electron chi connectivity index (χ3n) is 2.10. The van der Waals surface area contributed by atoms with E-state index in [1.165, 1.54) is 7.05 Å². The highest BCUT2D eigenvalue weighted by Crippen LogP contribution is 1.97. The molecule has 0 fully saturated rings. The molecule has 0 saturated heterocycles. The summed E-state index contributed by atoms with van der Waals surface area (Å²) in [6.45, 7) is 4.12. The number of rotatable bonds is 4. The fourth-order valence-electron chi connectivity index (χ4n) is 1.17. The van der Waals surface area contributed by atoms with Gasteiger partial charge in [0.05, 0.1) is 0 Å². The van der Waals surface area contributed by atoms with Gasteiger partial charge in [-0.2, -0.15) is 0 Å². The van der Waals surface area contributed by atoms with Gasteiger partial charge in [0.25, 0.3) is 5.91 Å². The average molecular weight is 251 g/mol. The van der Waals surface area contributed by atoms with E-state index in [0.29, 0.717) is 5.56 Å². The van der Waals surface area contributed by atoms with Crippen LogP contribution < -0.4 is 16.4 Å². The van der Waals surface area contributed by atoms with Crippen LogP contribution in [-0.2, 0) is 4.79 Å². The van der Waals surface area contributed by atoms with Gasteiger partial charge in [0.1, 0.15) is 6.04 Å². The molecule has 18 heavy (non-hydrogen) atoms. The molecule has 4 N–H and O–H groups in total. The Morgan fingerprint density at radius 2 is 1.78 bits per heavy atom. The lowest BCUT2D eigenvalue weighted by Gasteiger charge is -2.11. The van der Waals surface area contributed by atoms with Crippen LogP contribution in [0.15, 0.2) is 30.3 Å². The Kier molecular flexibility index (Phi) is 8.22. The number of amides is 2. The molecular weight excluding hydrogens is 230 g/mol. The van der Waals surface area contributed by atoms with Gasteiger partial charge >= 0.3 is 0 Å². The van der Waals surface area contributed by atoms with Crippen molar-refractivity contribution < 1.29 is 9.59 Å². The molecule has 0 aliphatic heterocycles. The van der Waals surface area contributed by atoms with Crippen LogP contribution in [0, 0.1) is 0 Å².